The predicted molar refractivity (Wildman–Crippen MR) is 84.0 cm³/mol. The Kier molecular flexibility index (Phi) is 5.27. The summed E-state index contributed by atoms with van der Waals surface area (Å²) in [6.45, 7) is 8.57. The van der Waals surface area contributed by atoms with Crippen LogP contribution in [0.15, 0.2) is 4.52 Å². The summed E-state index contributed by atoms with van der Waals surface area (Å²) >= 11 is 0. The Bertz CT molecular complexity index is 525. The molecule has 23 heavy (non-hydrogen) atoms. The number of ether oxygens (including phenoxy) is 1. The van der Waals surface area contributed by atoms with Gasteiger partial charge in [0.05, 0.1) is 19.3 Å². The molecule has 3 rings (SSSR count). The summed E-state index contributed by atoms with van der Waals surface area (Å²) in [7, 11) is 0. The summed E-state index contributed by atoms with van der Waals surface area (Å²) in [5.41, 5.74) is 0. The third kappa shape index (κ3) is 3.90. The monoisotopic (exact) mass is 322 g/mol. The molecule has 0 aromatic carbocycles. The molecule has 2 aliphatic rings. The fraction of sp³-hybridized carbons (Fsp3) is 0.812. The van der Waals surface area contributed by atoms with Gasteiger partial charge in [0.2, 0.25) is 11.8 Å². The molecular formula is C16H26N4O3. The van der Waals surface area contributed by atoms with Gasteiger partial charge in [-0.3, -0.25) is 9.69 Å². The smallest absolute Gasteiger partial charge is 0.229 e. The van der Waals surface area contributed by atoms with Crippen LogP contribution in [0.1, 0.15) is 56.8 Å². The number of likely N-dealkylation sites (tertiary alicyclic amines) is 1. The Morgan fingerprint density at radius 1 is 1.30 bits per heavy atom. The predicted octanol–water partition coefficient (Wildman–Crippen LogP) is 1.58. The Balaban J connectivity index is 1.55. The van der Waals surface area contributed by atoms with E-state index in [0.29, 0.717) is 38.6 Å². The molecule has 0 saturated carbocycles. The molecule has 0 aliphatic carbocycles. The molecule has 1 aromatic heterocycles. The van der Waals surface area contributed by atoms with Gasteiger partial charge in [-0.15, -0.1) is 0 Å². The number of hydrogen-bond acceptors (Lipinski definition) is 6. The van der Waals surface area contributed by atoms with Gasteiger partial charge in [0.1, 0.15) is 0 Å². The molecule has 0 spiro atoms. The lowest BCUT2D eigenvalue weighted by Crippen LogP contribution is -2.42. The van der Waals surface area contributed by atoms with Gasteiger partial charge in [-0.25, -0.2) is 0 Å². The quantitative estimate of drug-likeness (QED) is 0.819. The average Bonchev–Trinajstić information content (AvgIpc) is 3.22. The molecule has 3 heterocycles. The SMILES string of the molecule is CC(C)c1nc([C@H]2CCCN2CCC(=O)N2CCOCC2)no1. The highest BCUT2D eigenvalue weighted by Gasteiger charge is 2.31. The summed E-state index contributed by atoms with van der Waals surface area (Å²) in [6, 6.07) is 0.184. The van der Waals surface area contributed by atoms with Gasteiger partial charge in [0, 0.05) is 32.0 Å². The van der Waals surface area contributed by atoms with Crippen molar-refractivity contribution in [1.29, 1.82) is 0 Å². The van der Waals surface area contributed by atoms with E-state index in [0.717, 1.165) is 31.8 Å². The van der Waals surface area contributed by atoms with Crippen molar-refractivity contribution in [3.05, 3.63) is 11.7 Å². The van der Waals surface area contributed by atoms with Crippen molar-refractivity contribution < 1.29 is 14.1 Å². The van der Waals surface area contributed by atoms with E-state index >= 15 is 0 Å². The molecule has 1 atom stereocenters. The summed E-state index contributed by atoms with van der Waals surface area (Å²) in [5.74, 6) is 1.92. The summed E-state index contributed by atoms with van der Waals surface area (Å²) in [4.78, 5) is 21.0. The van der Waals surface area contributed by atoms with Crippen LogP contribution in [0.5, 0.6) is 0 Å². The van der Waals surface area contributed by atoms with E-state index in [4.69, 9.17) is 9.26 Å². The Labute approximate surface area is 137 Å². The van der Waals surface area contributed by atoms with Crippen LogP contribution in [0.3, 0.4) is 0 Å². The van der Waals surface area contributed by atoms with Crippen molar-refractivity contribution in [2.75, 3.05) is 39.4 Å². The molecule has 2 aliphatic heterocycles. The maximum absolute atomic E-state index is 12.3. The first-order chi connectivity index (χ1) is 11.1. The van der Waals surface area contributed by atoms with Crippen molar-refractivity contribution in [1.82, 2.24) is 19.9 Å². The second-order valence-corrected chi connectivity index (χ2v) is 6.58. The molecule has 2 saturated heterocycles. The van der Waals surface area contributed by atoms with Crippen LogP contribution < -0.4 is 0 Å². The Morgan fingerprint density at radius 3 is 2.78 bits per heavy atom. The minimum Gasteiger partial charge on any atom is -0.378 e. The molecule has 1 aromatic rings. The van der Waals surface area contributed by atoms with Crippen LogP contribution in [0.2, 0.25) is 0 Å². The maximum Gasteiger partial charge on any atom is 0.229 e. The lowest BCUT2D eigenvalue weighted by molar-refractivity contribution is -0.135. The van der Waals surface area contributed by atoms with Crippen molar-refractivity contribution in [2.45, 2.75) is 45.1 Å². The molecule has 0 N–H and O–H groups in total. The molecule has 0 unspecified atom stereocenters. The molecule has 7 heteroatoms. The van der Waals surface area contributed by atoms with Gasteiger partial charge >= 0.3 is 0 Å². The fourth-order valence-electron chi connectivity index (χ4n) is 3.21. The Morgan fingerprint density at radius 2 is 2.09 bits per heavy atom. The van der Waals surface area contributed by atoms with Crippen LogP contribution in [0.25, 0.3) is 0 Å². The molecular weight excluding hydrogens is 296 g/mol. The number of hydrogen-bond donors (Lipinski definition) is 0. The number of nitrogens with zero attached hydrogens (tertiary/aromatic N) is 4. The molecule has 128 valence electrons. The first-order valence-corrected chi connectivity index (χ1v) is 8.58. The van der Waals surface area contributed by atoms with E-state index in [-0.39, 0.29) is 17.9 Å². The molecule has 0 radical (unpaired) electrons. The zero-order valence-electron chi connectivity index (χ0n) is 14.0. The number of carbonyl (C=O) groups excluding carboxylic acids is 1. The minimum absolute atomic E-state index is 0.184. The van der Waals surface area contributed by atoms with Crippen molar-refractivity contribution in [3.8, 4) is 0 Å². The zero-order chi connectivity index (χ0) is 16.2. The lowest BCUT2D eigenvalue weighted by Gasteiger charge is -2.28. The average molecular weight is 322 g/mol. The van der Waals surface area contributed by atoms with Crippen LogP contribution in [0, 0.1) is 0 Å². The standard InChI is InChI=1S/C16H26N4O3/c1-12(2)16-17-15(18-23-16)13-4-3-6-19(13)7-5-14(21)20-8-10-22-11-9-20/h12-13H,3-11H2,1-2H3/t13-/m1/s1. The van der Waals surface area contributed by atoms with Gasteiger partial charge in [0.25, 0.3) is 0 Å². The van der Waals surface area contributed by atoms with E-state index in [1.165, 1.54) is 0 Å². The van der Waals surface area contributed by atoms with Gasteiger partial charge in [-0.05, 0) is 19.4 Å². The number of morpholine rings is 1. The van der Waals surface area contributed by atoms with Gasteiger partial charge in [0.15, 0.2) is 5.82 Å². The second-order valence-electron chi connectivity index (χ2n) is 6.58. The van der Waals surface area contributed by atoms with E-state index in [9.17, 15) is 4.79 Å². The second kappa shape index (κ2) is 7.40. The van der Waals surface area contributed by atoms with E-state index in [2.05, 4.69) is 15.0 Å². The normalized spacial score (nSPS) is 22.9. The fourth-order valence-corrected chi connectivity index (χ4v) is 3.21. The molecule has 7 nitrogen and oxygen atoms in total. The van der Waals surface area contributed by atoms with Gasteiger partial charge in [-0.2, -0.15) is 4.98 Å². The Hall–Kier alpha value is -1.47. The van der Waals surface area contributed by atoms with Gasteiger partial charge < -0.3 is 14.2 Å². The van der Waals surface area contributed by atoms with E-state index < -0.39 is 0 Å². The topological polar surface area (TPSA) is 71.7 Å². The minimum atomic E-state index is 0.184. The summed E-state index contributed by atoms with van der Waals surface area (Å²) in [6.07, 6.45) is 2.69. The lowest BCUT2D eigenvalue weighted by atomic mass is 10.2. The molecule has 2 fully saturated rings. The van der Waals surface area contributed by atoms with Crippen LogP contribution in [-0.2, 0) is 9.53 Å². The number of aromatic nitrogens is 2. The van der Waals surface area contributed by atoms with Crippen molar-refractivity contribution in [3.63, 3.8) is 0 Å². The van der Waals surface area contributed by atoms with Crippen molar-refractivity contribution in [2.24, 2.45) is 0 Å². The molecule has 0 bridgehead atoms. The van der Waals surface area contributed by atoms with Crippen LogP contribution in [0.4, 0.5) is 0 Å². The highest BCUT2D eigenvalue weighted by atomic mass is 16.5. The highest BCUT2D eigenvalue weighted by Crippen LogP contribution is 2.30. The van der Waals surface area contributed by atoms with Gasteiger partial charge in [-0.1, -0.05) is 19.0 Å². The largest absolute Gasteiger partial charge is 0.378 e. The number of rotatable bonds is 5. The highest BCUT2D eigenvalue weighted by molar-refractivity contribution is 5.76. The third-order valence-electron chi connectivity index (χ3n) is 4.59. The molecule has 1 amide bonds. The number of carbonyl (C=O) groups is 1. The zero-order valence-corrected chi connectivity index (χ0v) is 14.0. The van der Waals surface area contributed by atoms with E-state index in [1.807, 2.05) is 18.7 Å². The first-order valence-electron chi connectivity index (χ1n) is 8.58. The maximum atomic E-state index is 12.3. The first kappa shape index (κ1) is 16.4. The van der Waals surface area contributed by atoms with Crippen molar-refractivity contribution >= 4 is 5.91 Å². The van der Waals surface area contributed by atoms with E-state index in [1.54, 1.807) is 0 Å². The van der Waals surface area contributed by atoms with Crippen LogP contribution in [-0.4, -0.2) is 65.2 Å². The number of amides is 1. The third-order valence-corrected chi connectivity index (χ3v) is 4.59. The summed E-state index contributed by atoms with van der Waals surface area (Å²) < 4.78 is 10.6. The van der Waals surface area contributed by atoms with Crippen LogP contribution >= 0.6 is 0 Å². The summed E-state index contributed by atoms with van der Waals surface area (Å²) in [5, 5.41) is 4.15.